The van der Waals surface area contributed by atoms with Crippen LogP contribution in [0, 0.1) is 11.3 Å². The quantitative estimate of drug-likeness (QED) is 0.843. The molecule has 2 fully saturated rings. The number of carboxylic acid groups (broad SMARTS) is 1. The number of piperidine rings is 1. The van der Waals surface area contributed by atoms with E-state index in [1.54, 1.807) is 4.90 Å². The van der Waals surface area contributed by atoms with Crippen LogP contribution in [0.1, 0.15) is 39.5 Å². The number of hydrogen-bond acceptors (Lipinski definition) is 3. The summed E-state index contributed by atoms with van der Waals surface area (Å²) < 4.78 is 5.50. The summed E-state index contributed by atoms with van der Waals surface area (Å²) in [5.74, 6) is -0.577. The molecule has 3 unspecified atom stereocenters. The van der Waals surface area contributed by atoms with Gasteiger partial charge in [0.2, 0.25) is 0 Å². The fourth-order valence-corrected chi connectivity index (χ4v) is 3.13. The number of likely N-dealkylation sites (tertiary alicyclic amines) is 1. The molecule has 5 heteroatoms. The minimum atomic E-state index is -0.784. The number of carbonyl (C=O) groups excluding carboxylic acids is 1. The molecule has 0 bridgehead atoms. The lowest BCUT2D eigenvalue weighted by Gasteiger charge is -2.40. The average Bonchev–Trinajstić information content (AvgIpc) is 2.84. The monoisotopic (exact) mass is 269 g/mol. The van der Waals surface area contributed by atoms with Crippen LogP contribution in [0.25, 0.3) is 0 Å². The summed E-state index contributed by atoms with van der Waals surface area (Å²) in [5.41, 5.74) is -0.768. The van der Waals surface area contributed by atoms with Gasteiger partial charge in [0.1, 0.15) is 6.10 Å². The third-order valence-corrected chi connectivity index (χ3v) is 4.65. The van der Waals surface area contributed by atoms with Crippen molar-refractivity contribution in [2.24, 2.45) is 11.3 Å². The minimum Gasteiger partial charge on any atom is -0.481 e. The molecule has 1 N–H and O–H groups in total. The summed E-state index contributed by atoms with van der Waals surface area (Å²) in [6, 6.07) is 0. The topological polar surface area (TPSA) is 66.8 Å². The van der Waals surface area contributed by atoms with Gasteiger partial charge in [-0.15, -0.1) is 0 Å². The Morgan fingerprint density at radius 2 is 2.21 bits per heavy atom. The molecule has 108 valence electrons. The molecule has 0 aromatic heterocycles. The highest BCUT2D eigenvalue weighted by molar-refractivity contribution is 5.83. The van der Waals surface area contributed by atoms with Crippen molar-refractivity contribution in [2.75, 3.05) is 19.7 Å². The van der Waals surface area contributed by atoms with Crippen molar-refractivity contribution in [3.8, 4) is 0 Å². The lowest BCUT2D eigenvalue weighted by Crippen LogP contribution is -2.52. The van der Waals surface area contributed by atoms with Crippen molar-refractivity contribution in [3.63, 3.8) is 0 Å². The first-order valence-electron chi connectivity index (χ1n) is 7.14. The molecule has 2 rings (SSSR count). The zero-order chi connectivity index (χ0) is 14.0. The van der Waals surface area contributed by atoms with Crippen molar-refractivity contribution >= 4 is 11.9 Å². The van der Waals surface area contributed by atoms with Crippen molar-refractivity contribution in [1.82, 2.24) is 4.90 Å². The molecule has 3 atom stereocenters. The van der Waals surface area contributed by atoms with Gasteiger partial charge in [-0.3, -0.25) is 9.59 Å². The molecule has 2 aliphatic rings. The van der Waals surface area contributed by atoms with Crippen LogP contribution in [-0.4, -0.2) is 47.7 Å². The third-order valence-electron chi connectivity index (χ3n) is 4.65. The van der Waals surface area contributed by atoms with Crippen molar-refractivity contribution in [1.29, 1.82) is 0 Å². The Morgan fingerprint density at radius 3 is 2.74 bits per heavy atom. The van der Waals surface area contributed by atoms with Crippen LogP contribution in [0.15, 0.2) is 0 Å². The minimum absolute atomic E-state index is 0.0243. The van der Waals surface area contributed by atoms with Crippen LogP contribution in [0.2, 0.25) is 0 Å². The summed E-state index contributed by atoms with van der Waals surface area (Å²) in [5, 5.41) is 9.44. The van der Waals surface area contributed by atoms with Crippen LogP contribution < -0.4 is 0 Å². The van der Waals surface area contributed by atoms with E-state index in [2.05, 4.69) is 0 Å². The van der Waals surface area contributed by atoms with Gasteiger partial charge < -0.3 is 14.7 Å². The normalized spacial score (nSPS) is 35.4. The highest BCUT2D eigenvalue weighted by Crippen LogP contribution is 2.35. The van der Waals surface area contributed by atoms with Crippen LogP contribution in [0.4, 0.5) is 0 Å². The predicted octanol–water partition coefficient (Wildman–Crippen LogP) is 1.51. The molecular formula is C14H23NO4. The molecule has 5 nitrogen and oxygen atoms in total. The van der Waals surface area contributed by atoms with E-state index in [1.165, 1.54) is 0 Å². The third kappa shape index (κ3) is 2.61. The second-order valence-corrected chi connectivity index (χ2v) is 5.86. The second-order valence-electron chi connectivity index (χ2n) is 5.86. The number of hydrogen-bond donors (Lipinski definition) is 1. The van der Waals surface area contributed by atoms with Gasteiger partial charge in [-0.05, 0) is 31.6 Å². The van der Waals surface area contributed by atoms with E-state index in [4.69, 9.17) is 4.74 Å². The molecule has 19 heavy (non-hydrogen) atoms. The lowest BCUT2D eigenvalue weighted by molar-refractivity contribution is -0.158. The van der Waals surface area contributed by atoms with Gasteiger partial charge in [0.05, 0.1) is 5.41 Å². The van der Waals surface area contributed by atoms with Crippen LogP contribution >= 0.6 is 0 Å². The number of amides is 1. The van der Waals surface area contributed by atoms with Gasteiger partial charge in [0.25, 0.3) is 5.91 Å². The van der Waals surface area contributed by atoms with Gasteiger partial charge in [0, 0.05) is 19.7 Å². The van der Waals surface area contributed by atoms with Crippen LogP contribution in [-0.2, 0) is 14.3 Å². The van der Waals surface area contributed by atoms with Crippen molar-refractivity contribution < 1.29 is 19.4 Å². The van der Waals surface area contributed by atoms with E-state index in [1.807, 2.05) is 13.8 Å². The maximum Gasteiger partial charge on any atom is 0.311 e. The van der Waals surface area contributed by atoms with Gasteiger partial charge in [-0.25, -0.2) is 0 Å². The van der Waals surface area contributed by atoms with Gasteiger partial charge in [-0.1, -0.05) is 13.8 Å². The Balaban J connectivity index is 2.08. The molecule has 0 spiro atoms. The fraction of sp³-hybridized carbons (Fsp3) is 0.857. The number of ether oxygens (including phenoxy) is 1. The average molecular weight is 269 g/mol. The highest BCUT2D eigenvalue weighted by atomic mass is 16.5. The molecule has 2 aliphatic heterocycles. The zero-order valence-electron chi connectivity index (χ0n) is 11.7. The molecule has 0 aliphatic carbocycles. The van der Waals surface area contributed by atoms with Gasteiger partial charge in [-0.2, -0.15) is 0 Å². The summed E-state index contributed by atoms with van der Waals surface area (Å²) in [4.78, 5) is 25.6. The smallest absolute Gasteiger partial charge is 0.311 e. The first-order valence-corrected chi connectivity index (χ1v) is 7.14. The number of aliphatic carboxylic acids is 1. The van der Waals surface area contributed by atoms with Crippen molar-refractivity contribution in [2.45, 2.75) is 45.6 Å². The molecule has 2 heterocycles. The number of rotatable bonds is 3. The fourth-order valence-electron chi connectivity index (χ4n) is 3.13. The van der Waals surface area contributed by atoms with E-state index in [0.717, 1.165) is 12.8 Å². The molecule has 0 radical (unpaired) electrons. The Bertz CT molecular complexity index is 370. The first kappa shape index (κ1) is 14.3. The van der Waals surface area contributed by atoms with E-state index in [9.17, 15) is 14.7 Å². The van der Waals surface area contributed by atoms with Crippen LogP contribution in [0.5, 0.6) is 0 Å². The zero-order valence-corrected chi connectivity index (χ0v) is 11.7. The number of carboxylic acids is 1. The maximum atomic E-state index is 12.4. The Hall–Kier alpha value is -1.10. The summed E-state index contributed by atoms with van der Waals surface area (Å²) in [6.07, 6.45) is 2.51. The SMILES string of the molecule is CCC1(C(=O)O)CCCN(C(=O)C2OCCC2C)C1. The summed E-state index contributed by atoms with van der Waals surface area (Å²) >= 11 is 0. The summed E-state index contributed by atoms with van der Waals surface area (Å²) in [6.45, 7) is 5.51. The van der Waals surface area contributed by atoms with Gasteiger partial charge >= 0.3 is 5.97 Å². The van der Waals surface area contributed by atoms with Gasteiger partial charge in [0.15, 0.2) is 0 Å². The highest BCUT2D eigenvalue weighted by Gasteiger charge is 2.44. The first-order chi connectivity index (χ1) is 9.00. The Morgan fingerprint density at radius 1 is 1.47 bits per heavy atom. The van der Waals surface area contributed by atoms with E-state index in [0.29, 0.717) is 32.5 Å². The Kier molecular flexibility index (Phi) is 4.13. The molecule has 0 aromatic rings. The van der Waals surface area contributed by atoms with Crippen LogP contribution in [0.3, 0.4) is 0 Å². The second kappa shape index (κ2) is 5.49. The van der Waals surface area contributed by atoms with Crippen molar-refractivity contribution in [3.05, 3.63) is 0 Å². The standard InChI is InChI=1S/C14H23NO4/c1-3-14(13(17)18)6-4-7-15(9-14)12(16)11-10(2)5-8-19-11/h10-11H,3-9H2,1-2H3,(H,17,18). The molecule has 1 amide bonds. The molecule has 0 aromatic carbocycles. The maximum absolute atomic E-state index is 12.4. The molecular weight excluding hydrogens is 246 g/mol. The lowest BCUT2D eigenvalue weighted by atomic mass is 9.77. The largest absolute Gasteiger partial charge is 0.481 e. The Labute approximate surface area is 113 Å². The number of carbonyl (C=O) groups is 2. The van der Waals surface area contributed by atoms with E-state index >= 15 is 0 Å². The van der Waals surface area contributed by atoms with E-state index in [-0.39, 0.29) is 17.9 Å². The molecule has 0 saturated carbocycles. The van der Waals surface area contributed by atoms with E-state index < -0.39 is 11.4 Å². The number of nitrogens with zero attached hydrogens (tertiary/aromatic N) is 1. The molecule has 2 saturated heterocycles. The predicted molar refractivity (Wildman–Crippen MR) is 69.7 cm³/mol. The summed E-state index contributed by atoms with van der Waals surface area (Å²) in [7, 11) is 0.